The molecule has 0 aliphatic rings. The Morgan fingerprint density at radius 2 is 1.61 bits per heavy atom. The van der Waals surface area contributed by atoms with Gasteiger partial charge in [0, 0.05) is 20.6 Å². The van der Waals surface area contributed by atoms with Gasteiger partial charge in [-0.2, -0.15) is 4.31 Å². The van der Waals surface area contributed by atoms with Gasteiger partial charge in [-0.1, -0.05) is 36.4 Å². The molecule has 0 N–H and O–H groups in total. The number of hydrogen-bond acceptors (Lipinski definition) is 5. The van der Waals surface area contributed by atoms with Crippen LogP contribution in [-0.4, -0.2) is 58.1 Å². The average Bonchev–Trinajstić information content (AvgIpc) is 2.67. The molecule has 0 bridgehead atoms. The van der Waals surface area contributed by atoms with Crippen LogP contribution in [0, 0.1) is 0 Å². The standard InChI is InChI=1S/C20H26N2O5S/c1-21(14-15-11-12-17(26-3)18(13-15)27-4)20(23)19(22(2)28(5,24)25)16-9-7-6-8-10-16/h6-13,19H,14H2,1-5H3/t19-/m1/s1. The summed E-state index contributed by atoms with van der Waals surface area (Å²) in [6, 6.07) is 13.3. The molecule has 0 unspecified atom stereocenters. The van der Waals surface area contributed by atoms with Gasteiger partial charge in [-0.15, -0.1) is 0 Å². The first-order chi connectivity index (χ1) is 13.2. The largest absolute Gasteiger partial charge is 0.493 e. The summed E-state index contributed by atoms with van der Waals surface area (Å²) < 4.78 is 35.8. The minimum absolute atomic E-state index is 0.292. The van der Waals surface area contributed by atoms with Gasteiger partial charge >= 0.3 is 0 Å². The molecule has 2 aromatic rings. The minimum atomic E-state index is -3.57. The third-order valence-corrected chi connectivity index (χ3v) is 5.74. The number of hydrogen-bond donors (Lipinski definition) is 0. The van der Waals surface area contributed by atoms with Gasteiger partial charge in [0.05, 0.1) is 20.5 Å². The Bertz CT molecular complexity index is 915. The Labute approximate surface area is 166 Å². The molecule has 7 nitrogen and oxygen atoms in total. The average molecular weight is 407 g/mol. The molecule has 0 aromatic heterocycles. The molecule has 0 radical (unpaired) electrons. The van der Waals surface area contributed by atoms with Crippen LogP contribution >= 0.6 is 0 Å². The van der Waals surface area contributed by atoms with Gasteiger partial charge in [0.1, 0.15) is 6.04 Å². The maximum atomic E-state index is 13.2. The lowest BCUT2D eigenvalue weighted by Crippen LogP contribution is -2.41. The predicted octanol–water partition coefficient (Wildman–Crippen LogP) is 2.29. The summed E-state index contributed by atoms with van der Waals surface area (Å²) in [5.41, 5.74) is 1.45. The van der Waals surface area contributed by atoms with Crippen molar-refractivity contribution in [1.29, 1.82) is 0 Å². The number of carbonyl (C=O) groups is 1. The Hall–Kier alpha value is -2.58. The Morgan fingerprint density at radius 1 is 1.00 bits per heavy atom. The molecule has 0 saturated carbocycles. The second-order valence-corrected chi connectivity index (χ2v) is 8.52. The highest BCUT2D eigenvalue weighted by Crippen LogP contribution is 2.29. The van der Waals surface area contributed by atoms with Crippen LogP contribution in [0.4, 0.5) is 0 Å². The zero-order valence-electron chi connectivity index (χ0n) is 16.7. The lowest BCUT2D eigenvalue weighted by Gasteiger charge is -2.29. The summed E-state index contributed by atoms with van der Waals surface area (Å²) in [4.78, 5) is 14.7. The summed E-state index contributed by atoms with van der Waals surface area (Å²) in [5.74, 6) is 0.835. The molecule has 1 atom stereocenters. The van der Waals surface area contributed by atoms with Crippen molar-refractivity contribution in [3.05, 3.63) is 59.7 Å². The summed E-state index contributed by atoms with van der Waals surface area (Å²) in [5, 5.41) is 0. The number of nitrogens with zero attached hydrogens (tertiary/aromatic N) is 2. The van der Waals surface area contributed by atoms with Gasteiger partial charge in [0.25, 0.3) is 0 Å². The SMILES string of the molecule is COc1ccc(CN(C)C(=O)[C@@H](c2ccccc2)N(C)S(C)(=O)=O)cc1OC. The first kappa shape index (κ1) is 21.7. The lowest BCUT2D eigenvalue weighted by molar-refractivity contribution is -0.134. The predicted molar refractivity (Wildman–Crippen MR) is 108 cm³/mol. The van der Waals surface area contributed by atoms with Gasteiger partial charge in [-0.05, 0) is 23.3 Å². The van der Waals surface area contributed by atoms with E-state index in [1.165, 1.54) is 11.9 Å². The Balaban J connectivity index is 2.31. The molecule has 2 rings (SSSR count). The van der Waals surface area contributed by atoms with Crippen molar-refractivity contribution in [2.24, 2.45) is 0 Å². The minimum Gasteiger partial charge on any atom is -0.493 e. The molecular formula is C20H26N2O5S. The van der Waals surface area contributed by atoms with Gasteiger partial charge in [0.2, 0.25) is 15.9 Å². The molecule has 0 fully saturated rings. The highest BCUT2D eigenvalue weighted by Gasteiger charge is 2.32. The third kappa shape index (κ3) is 5.02. The van der Waals surface area contributed by atoms with Crippen molar-refractivity contribution < 1.29 is 22.7 Å². The maximum Gasteiger partial charge on any atom is 0.245 e. The lowest BCUT2D eigenvalue weighted by atomic mass is 10.1. The number of methoxy groups -OCH3 is 2. The van der Waals surface area contributed by atoms with E-state index in [0.29, 0.717) is 23.6 Å². The van der Waals surface area contributed by atoms with E-state index in [4.69, 9.17) is 9.47 Å². The van der Waals surface area contributed by atoms with Crippen molar-refractivity contribution in [2.45, 2.75) is 12.6 Å². The van der Waals surface area contributed by atoms with E-state index in [9.17, 15) is 13.2 Å². The molecule has 0 spiro atoms. The molecule has 0 aliphatic heterocycles. The van der Waals surface area contributed by atoms with Crippen LogP contribution in [0.5, 0.6) is 11.5 Å². The summed E-state index contributed by atoms with van der Waals surface area (Å²) in [6.45, 7) is 0.292. The monoisotopic (exact) mass is 406 g/mol. The Kier molecular flexibility index (Phi) is 7.04. The molecular weight excluding hydrogens is 380 g/mol. The second-order valence-electron chi connectivity index (χ2n) is 6.48. The van der Waals surface area contributed by atoms with Gasteiger partial charge in [0.15, 0.2) is 11.5 Å². The van der Waals surface area contributed by atoms with E-state index in [1.807, 2.05) is 12.1 Å². The van der Waals surface area contributed by atoms with Gasteiger partial charge in [-0.25, -0.2) is 8.42 Å². The van der Waals surface area contributed by atoms with Crippen molar-refractivity contribution in [3.8, 4) is 11.5 Å². The molecule has 1 amide bonds. The number of sulfonamides is 1. The molecule has 28 heavy (non-hydrogen) atoms. The Morgan fingerprint density at radius 3 is 2.14 bits per heavy atom. The van der Waals surface area contributed by atoms with Gasteiger partial charge < -0.3 is 14.4 Å². The summed E-state index contributed by atoms with van der Waals surface area (Å²) >= 11 is 0. The molecule has 0 saturated heterocycles. The van der Waals surface area contributed by atoms with E-state index in [2.05, 4.69) is 0 Å². The number of ether oxygens (including phenoxy) is 2. The number of amides is 1. The van der Waals surface area contributed by atoms with E-state index in [1.54, 1.807) is 57.7 Å². The van der Waals surface area contributed by atoms with Crippen LogP contribution in [0.2, 0.25) is 0 Å². The first-order valence-corrected chi connectivity index (χ1v) is 10.5. The zero-order valence-corrected chi connectivity index (χ0v) is 17.6. The topological polar surface area (TPSA) is 76.2 Å². The van der Waals surface area contributed by atoms with E-state index < -0.39 is 16.1 Å². The zero-order chi connectivity index (χ0) is 20.9. The fraction of sp³-hybridized carbons (Fsp3) is 0.350. The summed E-state index contributed by atoms with van der Waals surface area (Å²) in [6.07, 6.45) is 1.09. The molecule has 8 heteroatoms. The fourth-order valence-corrected chi connectivity index (χ4v) is 3.47. The quantitative estimate of drug-likeness (QED) is 0.672. The van der Waals surface area contributed by atoms with Crippen LogP contribution in [0.3, 0.4) is 0 Å². The van der Waals surface area contributed by atoms with Crippen molar-refractivity contribution >= 4 is 15.9 Å². The van der Waals surface area contributed by atoms with Crippen LogP contribution in [0.1, 0.15) is 17.2 Å². The van der Waals surface area contributed by atoms with E-state index in [-0.39, 0.29) is 5.91 Å². The number of likely N-dealkylation sites (N-methyl/N-ethyl adjacent to an activating group) is 2. The second kappa shape index (κ2) is 9.07. The smallest absolute Gasteiger partial charge is 0.245 e. The first-order valence-electron chi connectivity index (χ1n) is 8.63. The van der Waals surface area contributed by atoms with E-state index >= 15 is 0 Å². The summed E-state index contributed by atoms with van der Waals surface area (Å²) in [7, 11) is 2.58. The molecule has 0 aliphatic carbocycles. The maximum absolute atomic E-state index is 13.2. The van der Waals surface area contributed by atoms with Crippen LogP contribution in [0.25, 0.3) is 0 Å². The molecule has 0 heterocycles. The normalized spacial score (nSPS) is 12.5. The van der Waals surface area contributed by atoms with Crippen LogP contribution in [0.15, 0.2) is 48.5 Å². The van der Waals surface area contributed by atoms with Crippen molar-refractivity contribution in [2.75, 3.05) is 34.6 Å². The number of benzene rings is 2. The molecule has 2 aromatic carbocycles. The molecule has 152 valence electrons. The highest BCUT2D eigenvalue weighted by molar-refractivity contribution is 7.88. The number of rotatable bonds is 8. The van der Waals surface area contributed by atoms with Crippen LogP contribution in [-0.2, 0) is 21.4 Å². The van der Waals surface area contributed by atoms with E-state index in [0.717, 1.165) is 16.1 Å². The van der Waals surface area contributed by atoms with Crippen LogP contribution < -0.4 is 9.47 Å². The number of carbonyl (C=O) groups excluding carboxylic acids is 1. The van der Waals surface area contributed by atoms with Gasteiger partial charge in [-0.3, -0.25) is 4.79 Å². The third-order valence-electron chi connectivity index (χ3n) is 4.48. The highest BCUT2D eigenvalue weighted by atomic mass is 32.2. The van der Waals surface area contributed by atoms with Crippen molar-refractivity contribution in [3.63, 3.8) is 0 Å². The fourth-order valence-electron chi connectivity index (χ4n) is 2.87. The van der Waals surface area contributed by atoms with Crippen molar-refractivity contribution in [1.82, 2.24) is 9.21 Å².